The van der Waals surface area contributed by atoms with Crippen LogP contribution < -0.4 is 10.1 Å². The molecule has 0 aliphatic carbocycles. The van der Waals surface area contributed by atoms with E-state index in [-0.39, 0.29) is 12.5 Å². The van der Waals surface area contributed by atoms with E-state index >= 15 is 0 Å². The van der Waals surface area contributed by atoms with Crippen molar-refractivity contribution in [2.75, 3.05) is 6.54 Å². The summed E-state index contributed by atoms with van der Waals surface area (Å²) in [6.07, 6.45) is 2.49. The Morgan fingerprint density at radius 2 is 2.04 bits per heavy atom. The summed E-state index contributed by atoms with van der Waals surface area (Å²) >= 11 is 0. The van der Waals surface area contributed by atoms with Crippen LogP contribution in [0, 0.1) is 0 Å². The van der Waals surface area contributed by atoms with Crippen LogP contribution in [-0.4, -0.2) is 27.2 Å². The van der Waals surface area contributed by atoms with Crippen molar-refractivity contribution in [2.45, 2.75) is 13.0 Å². The summed E-state index contributed by atoms with van der Waals surface area (Å²) < 4.78 is 7.49. The van der Waals surface area contributed by atoms with Gasteiger partial charge in [0.05, 0.1) is 5.69 Å². The molecule has 2 aromatic carbocycles. The summed E-state index contributed by atoms with van der Waals surface area (Å²) in [6.45, 7) is 0.948. The number of fused-ring (bicyclic) bond motifs is 1. The van der Waals surface area contributed by atoms with Crippen LogP contribution in [0.25, 0.3) is 5.69 Å². The smallest absolute Gasteiger partial charge is 0.251 e. The van der Waals surface area contributed by atoms with Gasteiger partial charge in [0, 0.05) is 12.1 Å². The number of para-hydroxylation sites is 1. The van der Waals surface area contributed by atoms with E-state index in [0.717, 1.165) is 29.0 Å². The van der Waals surface area contributed by atoms with E-state index in [0.29, 0.717) is 12.4 Å². The molecule has 0 bridgehead atoms. The zero-order valence-electron chi connectivity index (χ0n) is 13.0. The standard InChI is InChI=1S/C18H16N4O2/c23-18-16-7-6-15(10-13(16)8-9-19-18)24-11-17-20-12-22(21-17)14-4-2-1-3-5-14/h1-7,10,12H,8-9,11H2,(H,19,23). The van der Waals surface area contributed by atoms with Crippen molar-refractivity contribution in [3.8, 4) is 11.4 Å². The molecule has 1 aromatic heterocycles. The molecular weight excluding hydrogens is 304 g/mol. The van der Waals surface area contributed by atoms with Crippen LogP contribution in [0.3, 0.4) is 0 Å². The van der Waals surface area contributed by atoms with Gasteiger partial charge in [-0.15, -0.1) is 5.10 Å². The Bertz CT molecular complexity index is 874. The predicted octanol–water partition coefficient (Wildman–Crippen LogP) is 2.13. The SMILES string of the molecule is O=C1NCCc2cc(OCc3ncn(-c4ccccc4)n3)ccc21. The zero-order valence-corrected chi connectivity index (χ0v) is 13.0. The topological polar surface area (TPSA) is 69.0 Å². The number of nitrogens with zero attached hydrogens (tertiary/aromatic N) is 3. The average Bonchev–Trinajstić information content (AvgIpc) is 3.10. The van der Waals surface area contributed by atoms with Gasteiger partial charge in [-0.05, 0) is 42.3 Å². The van der Waals surface area contributed by atoms with Gasteiger partial charge in [-0.3, -0.25) is 4.79 Å². The maximum absolute atomic E-state index is 11.7. The van der Waals surface area contributed by atoms with E-state index < -0.39 is 0 Å². The Hall–Kier alpha value is -3.15. The molecule has 0 atom stereocenters. The number of hydrogen-bond acceptors (Lipinski definition) is 4. The Balaban J connectivity index is 1.46. The normalized spacial score (nSPS) is 13.2. The van der Waals surface area contributed by atoms with Crippen LogP contribution in [0.4, 0.5) is 0 Å². The van der Waals surface area contributed by atoms with Crippen molar-refractivity contribution in [3.05, 3.63) is 71.8 Å². The predicted molar refractivity (Wildman–Crippen MR) is 88.2 cm³/mol. The molecule has 24 heavy (non-hydrogen) atoms. The van der Waals surface area contributed by atoms with Crippen molar-refractivity contribution in [1.82, 2.24) is 20.1 Å². The first-order valence-electron chi connectivity index (χ1n) is 7.79. The minimum absolute atomic E-state index is 0.0222. The first kappa shape index (κ1) is 14.4. The van der Waals surface area contributed by atoms with Gasteiger partial charge in [-0.2, -0.15) is 0 Å². The molecule has 6 heteroatoms. The van der Waals surface area contributed by atoms with Gasteiger partial charge in [-0.25, -0.2) is 9.67 Å². The van der Waals surface area contributed by atoms with Gasteiger partial charge in [0.15, 0.2) is 5.82 Å². The molecule has 4 rings (SSSR count). The molecule has 0 saturated heterocycles. The van der Waals surface area contributed by atoms with Gasteiger partial charge in [-0.1, -0.05) is 18.2 Å². The highest BCUT2D eigenvalue weighted by atomic mass is 16.5. The Kier molecular flexibility index (Phi) is 3.70. The molecule has 0 spiro atoms. The Labute approximate surface area is 139 Å². The van der Waals surface area contributed by atoms with Gasteiger partial charge >= 0.3 is 0 Å². The van der Waals surface area contributed by atoms with Crippen molar-refractivity contribution in [2.24, 2.45) is 0 Å². The Morgan fingerprint density at radius 3 is 2.92 bits per heavy atom. The van der Waals surface area contributed by atoms with Gasteiger partial charge < -0.3 is 10.1 Å². The van der Waals surface area contributed by atoms with Crippen LogP contribution in [-0.2, 0) is 13.0 Å². The van der Waals surface area contributed by atoms with Crippen LogP contribution in [0.5, 0.6) is 5.75 Å². The van der Waals surface area contributed by atoms with E-state index in [1.807, 2.05) is 36.4 Å². The number of nitrogens with one attached hydrogen (secondary N) is 1. The Morgan fingerprint density at radius 1 is 1.17 bits per heavy atom. The van der Waals surface area contributed by atoms with E-state index in [1.54, 1.807) is 23.1 Å². The van der Waals surface area contributed by atoms with E-state index in [2.05, 4.69) is 15.4 Å². The quantitative estimate of drug-likeness (QED) is 0.799. The van der Waals surface area contributed by atoms with E-state index in [1.165, 1.54) is 0 Å². The first-order chi connectivity index (χ1) is 11.8. The first-order valence-corrected chi connectivity index (χ1v) is 7.79. The summed E-state index contributed by atoms with van der Waals surface area (Å²) in [4.78, 5) is 16.0. The fourth-order valence-electron chi connectivity index (χ4n) is 2.71. The lowest BCUT2D eigenvalue weighted by atomic mass is 10.0. The average molecular weight is 320 g/mol. The third kappa shape index (κ3) is 2.86. The molecule has 120 valence electrons. The fourth-order valence-corrected chi connectivity index (χ4v) is 2.71. The molecule has 2 heterocycles. The number of carbonyl (C=O) groups is 1. The minimum atomic E-state index is -0.0222. The molecule has 0 unspecified atom stereocenters. The van der Waals surface area contributed by atoms with Crippen molar-refractivity contribution in [1.29, 1.82) is 0 Å². The third-order valence-corrected chi connectivity index (χ3v) is 3.93. The van der Waals surface area contributed by atoms with Crippen molar-refractivity contribution >= 4 is 5.91 Å². The number of rotatable bonds is 4. The number of carbonyl (C=O) groups excluding carboxylic acids is 1. The maximum atomic E-state index is 11.7. The molecule has 0 saturated carbocycles. The molecule has 0 radical (unpaired) electrons. The highest BCUT2D eigenvalue weighted by Gasteiger charge is 2.16. The summed E-state index contributed by atoms with van der Waals surface area (Å²) in [6, 6.07) is 15.3. The maximum Gasteiger partial charge on any atom is 0.251 e. The van der Waals surface area contributed by atoms with Gasteiger partial charge in [0.2, 0.25) is 0 Å². The molecule has 1 aliphatic rings. The summed E-state index contributed by atoms with van der Waals surface area (Å²) in [5.74, 6) is 1.31. The minimum Gasteiger partial charge on any atom is -0.486 e. The second kappa shape index (κ2) is 6.16. The van der Waals surface area contributed by atoms with Crippen molar-refractivity contribution < 1.29 is 9.53 Å². The highest BCUT2D eigenvalue weighted by Crippen LogP contribution is 2.21. The van der Waals surface area contributed by atoms with Crippen LogP contribution in [0.15, 0.2) is 54.9 Å². The monoisotopic (exact) mass is 320 g/mol. The molecule has 6 nitrogen and oxygen atoms in total. The molecule has 0 fully saturated rings. The number of hydrogen-bond donors (Lipinski definition) is 1. The number of benzene rings is 2. The van der Waals surface area contributed by atoms with Gasteiger partial charge in [0.1, 0.15) is 18.7 Å². The molecule has 3 aromatic rings. The summed E-state index contributed by atoms with van der Waals surface area (Å²) in [5, 5.41) is 7.24. The second-order valence-corrected chi connectivity index (χ2v) is 5.55. The summed E-state index contributed by atoms with van der Waals surface area (Å²) in [5.41, 5.74) is 2.69. The molecule has 1 aliphatic heterocycles. The number of ether oxygens (including phenoxy) is 1. The number of aromatic nitrogens is 3. The largest absolute Gasteiger partial charge is 0.486 e. The van der Waals surface area contributed by atoms with Crippen LogP contribution in [0.1, 0.15) is 21.7 Å². The lowest BCUT2D eigenvalue weighted by Crippen LogP contribution is -2.31. The van der Waals surface area contributed by atoms with E-state index in [9.17, 15) is 4.79 Å². The van der Waals surface area contributed by atoms with E-state index in [4.69, 9.17) is 4.74 Å². The highest BCUT2D eigenvalue weighted by molar-refractivity contribution is 5.96. The second-order valence-electron chi connectivity index (χ2n) is 5.55. The fraction of sp³-hybridized carbons (Fsp3) is 0.167. The lowest BCUT2D eigenvalue weighted by molar-refractivity contribution is 0.0946. The summed E-state index contributed by atoms with van der Waals surface area (Å²) in [7, 11) is 0. The molecular formula is C18H16N4O2. The molecule has 1 N–H and O–H groups in total. The number of amides is 1. The van der Waals surface area contributed by atoms with Crippen LogP contribution >= 0.6 is 0 Å². The van der Waals surface area contributed by atoms with Gasteiger partial charge in [0.25, 0.3) is 5.91 Å². The van der Waals surface area contributed by atoms with Crippen LogP contribution in [0.2, 0.25) is 0 Å². The molecule has 1 amide bonds. The lowest BCUT2D eigenvalue weighted by Gasteiger charge is -2.17. The zero-order chi connectivity index (χ0) is 16.4. The third-order valence-electron chi connectivity index (χ3n) is 3.93. The van der Waals surface area contributed by atoms with Crippen molar-refractivity contribution in [3.63, 3.8) is 0 Å².